The SMILES string of the molecule is COc1cc(NC(C)Cc2ccc(CCNCC(C)(C)C)cc2)c(C2CCc3cc(O)ccc3C2)cc1OC. The summed E-state index contributed by atoms with van der Waals surface area (Å²) in [4.78, 5) is 0. The van der Waals surface area contributed by atoms with Gasteiger partial charge < -0.3 is 25.2 Å². The van der Waals surface area contributed by atoms with E-state index < -0.39 is 0 Å². The number of hydrogen-bond donors (Lipinski definition) is 3. The van der Waals surface area contributed by atoms with Crippen LogP contribution in [-0.2, 0) is 25.7 Å². The normalized spacial score (nSPS) is 15.9. The number of ether oxygens (including phenoxy) is 2. The highest BCUT2D eigenvalue weighted by atomic mass is 16.5. The van der Waals surface area contributed by atoms with Gasteiger partial charge in [0, 0.05) is 24.3 Å². The number of methoxy groups -OCH3 is 2. The zero-order valence-corrected chi connectivity index (χ0v) is 24.6. The first-order chi connectivity index (χ1) is 18.6. The second kappa shape index (κ2) is 12.8. The molecule has 0 aromatic heterocycles. The van der Waals surface area contributed by atoms with Gasteiger partial charge >= 0.3 is 0 Å². The lowest BCUT2D eigenvalue weighted by Crippen LogP contribution is -2.28. The zero-order valence-electron chi connectivity index (χ0n) is 24.6. The van der Waals surface area contributed by atoms with Crippen molar-refractivity contribution in [1.29, 1.82) is 0 Å². The molecule has 0 saturated carbocycles. The molecule has 2 atom stereocenters. The van der Waals surface area contributed by atoms with Gasteiger partial charge in [0.2, 0.25) is 0 Å². The lowest BCUT2D eigenvalue weighted by molar-refractivity contribution is 0.354. The molecule has 0 amide bonds. The Morgan fingerprint density at radius 1 is 0.923 bits per heavy atom. The fourth-order valence-electron chi connectivity index (χ4n) is 5.57. The number of hydrogen-bond acceptors (Lipinski definition) is 5. The lowest BCUT2D eigenvalue weighted by atomic mass is 9.79. The number of fused-ring (bicyclic) bond motifs is 1. The van der Waals surface area contributed by atoms with Crippen molar-refractivity contribution in [1.82, 2.24) is 5.32 Å². The summed E-state index contributed by atoms with van der Waals surface area (Å²) in [5.41, 5.74) is 7.94. The van der Waals surface area contributed by atoms with Gasteiger partial charge in [-0.25, -0.2) is 0 Å². The molecule has 3 aromatic rings. The van der Waals surface area contributed by atoms with E-state index in [1.807, 2.05) is 6.07 Å². The fraction of sp³-hybridized carbons (Fsp3) is 0.471. The van der Waals surface area contributed by atoms with Crippen LogP contribution in [0.1, 0.15) is 67.9 Å². The second-order valence-corrected chi connectivity index (χ2v) is 12.2. The van der Waals surface area contributed by atoms with Gasteiger partial charge in [0.15, 0.2) is 11.5 Å². The average molecular weight is 531 g/mol. The summed E-state index contributed by atoms with van der Waals surface area (Å²) in [6, 6.07) is 19.3. The first-order valence-corrected chi connectivity index (χ1v) is 14.3. The molecule has 3 N–H and O–H groups in total. The van der Waals surface area contributed by atoms with Crippen LogP contribution in [0.2, 0.25) is 0 Å². The average Bonchev–Trinajstić information content (AvgIpc) is 2.91. The summed E-state index contributed by atoms with van der Waals surface area (Å²) in [5.74, 6) is 2.21. The van der Waals surface area contributed by atoms with Crippen molar-refractivity contribution in [3.05, 3.63) is 82.4 Å². The highest BCUT2D eigenvalue weighted by molar-refractivity contribution is 5.63. The third-order valence-corrected chi connectivity index (χ3v) is 7.63. The molecule has 4 rings (SSSR count). The third-order valence-electron chi connectivity index (χ3n) is 7.63. The molecule has 0 heterocycles. The van der Waals surface area contributed by atoms with Gasteiger partial charge in [-0.3, -0.25) is 0 Å². The minimum absolute atomic E-state index is 0.244. The highest BCUT2D eigenvalue weighted by Crippen LogP contribution is 2.42. The molecule has 0 bridgehead atoms. The molecule has 1 aliphatic rings. The summed E-state index contributed by atoms with van der Waals surface area (Å²) in [5, 5.41) is 17.3. The molecule has 39 heavy (non-hydrogen) atoms. The predicted octanol–water partition coefficient (Wildman–Crippen LogP) is 6.90. The monoisotopic (exact) mass is 530 g/mol. The van der Waals surface area contributed by atoms with Crippen molar-refractivity contribution in [3.8, 4) is 17.2 Å². The van der Waals surface area contributed by atoms with Crippen molar-refractivity contribution >= 4 is 5.69 Å². The number of aryl methyl sites for hydroxylation is 1. The molecule has 1 aliphatic carbocycles. The van der Waals surface area contributed by atoms with E-state index in [0.717, 1.165) is 62.4 Å². The van der Waals surface area contributed by atoms with Crippen molar-refractivity contribution in [3.63, 3.8) is 0 Å². The molecule has 0 fully saturated rings. The van der Waals surface area contributed by atoms with Crippen LogP contribution in [-0.4, -0.2) is 38.5 Å². The van der Waals surface area contributed by atoms with E-state index in [0.29, 0.717) is 17.1 Å². The minimum Gasteiger partial charge on any atom is -0.508 e. The summed E-state index contributed by atoms with van der Waals surface area (Å²) in [6.45, 7) is 11.1. The molecule has 0 radical (unpaired) electrons. The first kappa shape index (κ1) is 28.8. The molecular weight excluding hydrogens is 484 g/mol. The van der Waals surface area contributed by atoms with Gasteiger partial charge in [-0.15, -0.1) is 0 Å². The van der Waals surface area contributed by atoms with E-state index in [2.05, 4.69) is 80.8 Å². The van der Waals surface area contributed by atoms with Gasteiger partial charge in [0.05, 0.1) is 14.2 Å². The Morgan fingerprint density at radius 2 is 1.62 bits per heavy atom. The number of rotatable bonds is 11. The Hall–Kier alpha value is -3.18. The summed E-state index contributed by atoms with van der Waals surface area (Å²) in [7, 11) is 3.38. The molecule has 5 nitrogen and oxygen atoms in total. The number of nitrogens with one attached hydrogen (secondary N) is 2. The summed E-state index contributed by atoms with van der Waals surface area (Å²) in [6.07, 6.45) is 4.91. The zero-order chi connectivity index (χ0) is 28.0. The predicted molar refractivity (Wildman–Crippen MR) is 162 cm³/mol. The van der Waals surface area contributed by atoms with E-state index >= 15 is 0 Å². The molecule has 2 unspecified atom stereocenters. The third kappa shape index (κ3) is 7.92. The van der Waals surface area contributed by atoms with E-state index in [1.54, 1.807) is 20.3 Å². The van der Waals surface area contributed by atoms with E-state index in [1.165, 1.54) is 27.8 Å². The van der Waals surface area contributed by atoms with Gasteiger partial charge in [-0.1, -0.05) is 51.1 Å². The number of benzene rings is 3. The Morgan fingerprint density at radius 3 is 2.31 bits per heavy atom. The Labute approximate surface area is 234 Å². The lowest BCUT2D eigenvalue weighted by Gasteiger charge is -2.29. The van der Waals surface area contributed by atoms with Crippen LogP contribution >= 0.6 is 0 Å². The van der Waals surface area contributed by atoms with E-state index in [4.69, 9.17) is 9.47 Å². The quantitative estimate of drug-likeness (QED) is 0.235. The van der Waals surface area contributed by atoms with Crippen LogP contribution in [0.5, 0.6) is 17.2 Å². The molecule has 5 heteroatoms. The standard InChI is InChI=1S/C34H46N2O3/c1-23(17-25-9-7-24(8-10-25)15-16-35-22-34(2,3)4)36-31-21-33(39-6)32(38-5)20-30(31)28-12-11-27-19-29(37)14-13-26(27)18-28/h7-10,13-14,19-21,23,28,35-37H,11-12,15-18,22H2,1-6H3. The molecule has 3 aromatic carbocycles. The largest absolute Gasteiger partial charge is 0.508 e. The van der Waals surface area contributed by atoms with Crippen molar-refractivity contribution < 1.29 is 14.6 Å². The van der Waals surface area contributed by atoms with Crippen LogP contribution in [0.4, 0.5) is 5.69 Å². The van der Waals surface area contributed by atoms with Crippen LogP contribution in [0, 0.1) is 5.41 Å². The highest BCUT2D eigenvalue weighted by Gasteiger charge is 2.25. The number of phenols is 1. The smallest absolute Gasteiger partial charge is 0.162 e. The Kier molecular flexibility index (Phi) is 9.45. The molecular formula is C34H46N2O3. The van der Waals surface area contributed by atoms with E-state index in [-0.39, 0.29) is 6.04 Å². The second-order valence-electron chi connectivity index (χ2n) is 12.2. The minimum atomic E-state index is 0.244. The number of phenolic OH excluding ortho intramolecular Hbond substituents is 1. The summed E-state index contributed by atoms with van der Waals surface area (Å²) >= 11 is 0. The maximum absolute atomic E-state index is 9.91. The van der Waals surface area contributed by atoms with Crippen molar-refractivity contribution in [2.24, 2.45) is 5.41 Å². The van der Waals surface area contributed by atoms with Crippen LogP contribution < -0.4 is 20.1 Å². The number of aromatic hydroxyl groups is 1. The van der Waals surface area contributed by atoms with Gasteiger partial charge in [-0.2, -0.15) is 0 Å². The van der Waals surface area contributed by atoms with Crippen LogP contribution in [0.25, 0.3) is 0 Å². The first-order valence-electron chi connectivity index (χ1n) is 14.3. The van der Waals surface area contributed by atoms with Crippen molar-refractivity contribution in [2.45, 2.75) is 71.8 Å². The van der Waals surface area contributed by atoms with Crippen LogP contribution in [0.3, 0.4) is 0 Å². The van der Waals surface area contributed by atoms with Gasteiger partial charge in [0.1, 0.15) is 5.75 Å². The molecule has 210 valence electrons. The fourth-order valence-corrected chi connectivity index (χ4v) is 5.57. The Bertz CT molecular complexity index is 1230. The molecule has 0 saturated heterocycles. The van der Waals surface area contributed by atoms with Gasteiger partial charge in [0.25, 0.3) is 0 Å². The maximum Gasteiger partial charge on any atom is 0.162 e. The van der Waals surface area contributed by atoms with E-state index in [9.17, 15) is 5.11 Å². The Balaban J connectivity index is 1.44. The van der Waals surface area contributed by atoms with Crippen molar-refractivity contribution in [2.75, 3.05) is 32.6 Å². The topological polar surface area (TPSA) is 62.8 Å². The number of anilines is 1. The summed E-state index contributed by atoms with van der Waals surface area (Å²) < 4.78 is 11.3. The van der Waals surface area contributed by atoms with Crippen LogP contribution in [0.15, 0.2) is 54.6 Å². The van der Waals surface area contributed by atoms with Gasteiger partial charge in [-0.05, 0) is 103 Å². The maximum atomic E-state index is 9.91. The molecule has 0 aliphatic heterocycles. The molecule has 0 spiro atoms.